The number of ether oxygens (including phenoxy) is 1. The number of likely N-dealkylation sites (tertiary alicyclic amines) is 1. The minimum absolute atomic E-state index is 0.0376. The van der Waals surface area contributed by atoms with E-state index in [4.69, 9.17) is 9.15 Å². The summed E-state index contributed by atoms with van der Waals surface area (Å²) >= 11 is 0. The number of methoxy groups -OCH3 is 1. The fraction of sp³-hybridized carbons (Fsp3) is 0.679. The summed E-state index contributed by atoms with van der Waals surface area (Å²) in [4.78, 5) is 15.2. The molecule has 1 aliphatic rings. The molecule has 7 nitrogen and oxygen atoms in total. The molecule has 0 aliphatic carbocycles. The van der Waals surface area contributed by atoms with E-state index in [2.05, 4.69) is 24.5 Å². The van der Waals surface area contributed by atoms with E-state index in [9.17, 15) is 9.90 Å². The summed E-state index contributed by atoms with van der Waals surface area (Å²) in [6.07, 6.45) is 4.98. The molecule has 3 atom stereocenters. The number of unbranched alkanes of at least 4 members (excludes halogenated alkanes) is 1. The average Bonchev–Trinajstić information content (AvgIpc) is 3.21. The van der Waals surface area contributed by atoms with E-state index in [0.29, 0.717) is 32.0 Å². The van der Waals surface area contributed by atoms with Gasteiger partial charge in [0.15, 0.2) is 0 Å². The highest BCUT2D eigenvalue weighted by molar-refractivity contribution is 5.82. The number of furan rings is 1. The number of piperidine rings is 1. The van der Waals surface area contributed by atoms with Crippen molar-refractivity contribution in [1.29, 1.82) is 0 Å². The maximum atomic E-state index is 13.3. The van der Waals surface area contributed by atoms with Crippen LogP contribution in [0.15, 0.2) is 28.7 Å². The summed E-state index contributed by atoms with van der Waals surface area (Å²) < 4.78 is 11.3. The van der Waals surface area contributed by atoms with Crippen LogP contribution in [0.4, 0.5) is 4.79 Å². The van der Waals surface area contributed by atoms with E-state index in [1.807, 2.05) is 43.1 Å². The lowest BCUT2D eigenvalue weighted by atomic mass is 9.73. The molecule has 2 aromatic rings. The number of nitrogens with zero attached hydrogens (tertiary/aromatic N) is 1. The van der Waals surface area contributed by atoms with Gasteiger partial charge in [-0.3, -0.25) is 0 Å². The van der Waals surface area contributed by atoms with E-state index < -0.39 is 5.60 Å². The molecular formula is C28H45N3O4. The van der Waals surface area contributed by atoms with Crippen molar-refractivity contribution < 1.29 is 19.1 Å². The van der Waals surface area contributed by atoms with Gasteiger partial charge in [0, 0.05) is 56.3 Å². The summed E-state index contributed by atoms with van der Waals surface area (Å²) in [5.74, 6) is 1.25. The van der Waals surface area contributed by atoms with Gasteiger partial charge in [-0.2, -0.15) is 0 Å². The lowest BCUT2D eigenvalue weighted by molar-refractivity contribution is -0.0558. The largest absolute Gasteiger partial charge is 0.461 e. The molecule has 35 heavy (non-hydrogen) atoms. The van der Waals surface area contributed by atoms with Crippen LogP contribution in [0.25, 0.3) is 11.0 Å². The fourth-order valence-electron chi connectivity index (χ4n) is 5.56. The van der Waals surface area contributed by atoms with Crippen LogP contribution in [0.3, 0.4) is 0 Å². The predicted molar refractivity (Wildman–Crippen MR) is 141 cm³/mol. The molecular weight excluding hydrogens is 442 g/mol. The topological polar surface area (TPSA) is 87.0 Å². The van der Waals surface area contributed by atoms with Gasteiger partial charge < -0.3 is 29.8 Å². The first-order valence-electron chi connectivity index (χ1n) is 13.2. The second-order valence-corrected chi connectivity index (χ2v) is 10.6. The lowest BCUT2D eigenvalue weighted by Gasteiger charge is -2.43. The number of likely N-dealkylation sites (N-methyl/N-ethyl adjacent to an activating group) is 1. The summed E-state index contributed by atoms with van der Waals surface area (Å²) in [5.41, 5.74) is 0.506. The maximum Gasteiger partial charge on any atom is 0.317 e. The standard InChI is InChI=1S/C28H45N3O4/c1-20(2)16-24(18-29-4)30-27(32)31-14-9-11-23(19-31)28(33,13-6-7-15-34-5)25-12-8-10-22-17-21(3)35-26(22)25/h8,10,12,17,20,23-24,29,33H,6-7,9,11,13-16,18-19H2,1-5H3,(H,30,32). The molecule has 2 amide bonds. The Balaban J connectivity index is 1.84. The summed E-state index contributed by atoms with van der Waals surface area (Å²) in [6, 6.07) is 8.07. The number of aryl methyl sites for hydroxylation is 1. The van der Waals surface area contributed by atoms with E-state index in [0.717, 1.165) is 60.9 Å². The van der Waals surface area contributed by atoms with Crippen molar-refractivity contribution in [1.82, 2.24) is 15.5 Å². The van der Waals surface area contributed by atoms with Crippen LogP contribution in [-0.2, 0) is 10.3 Å². The van der Waals surface area contributed by atoms with Crippen molar-refractivity contribution in [2.24, 2.45) is 11.8 Å². The Bertz CT molecular complexity index is 943. The number of urea groups is 1. The average molecular weight is 488 g/mol. The number of benzene rings is 1. The van der Waals surface area contributed by atoms with Crippen LogP contribution in [0, 0.1) is 18.8 Å². The van der Waals surface area contributed by atoms with Crippen molar-refractivity contribution in [3.8, 4) is 0 Å². The molecule has 1 aromatic heterocycles. The molecule has 3 N–H and O–H groups in total. The normalized spacial score (nSPS) is 19.2. The summed E-state index contributed by atoms with van der Waals surface area (Å²) in [6.45, 7) is 8.93. The number of carbonyl (C=O) groups is 1. The van der Waals surface area contributed by atoms with Crippen molar-refractivity contribution in [3.63, 3.8) is 0 Å². The third-order valence-corrected chi connectivity index (χ3v) is 7.21. The van der Waals surface area contributed by atoms with Crippen molar-refractivity contribution in [2.45, 2.75) is 70.9 Å². The predicted octanol–water partition coefficient (Wildman–Crippen LogP) is 4.80. The van der Waals surface area contributed by atoms with Gasteiger partial charge in [-0.1, -0.05) is 32.0 Å². The van der Waals surface area contributed by atoms with Crippen LogP contribution >= 0.6 is 0 Å². The van der Waals surface area contributed by atoms with Gasteiger partial charge in [-0.15, -0.1) is 0 Å². The Hall–Kier alpha value is -2.09. The second-order valence-electron chi connectivity index (χ2n) is 10.6. The van der Waals surface area contributed by atoms with Gasteiger partial charge in [-0.05, 0) is 64.5 Å². The molecule has 1 saturated heterocycles. The van der Waals surface area contributed by atoms with Gasteiger partial charge in [0.1, 0.15) is 11.3 Å². The van der Waals surface area contributed by atoms with E-state index in [-0.39, 0.29) is 18.0 Å². The molecule has 3 unspecified atom stereocenters. The Labute approximate surface area is 210 Å². The minimum atomic E-state index is -1.08. The molecule has 3 rings (SSSR count). The highest BCUT2D eigenvalue weighted by atomic mass is 16.5. The highest BCUT2D eigenvalue weighted by Gasteiger charge is 2.43. The van der Waals surface area contributed by atoms with Crippen molar-refractivity contribution in [3.05, 3.63) is 35.6 Å². The lowest BCUT2D eigenvalue weighted by Crippen LogP contribution is -2.53. The third-order valence-electron chi connectivity index (χ3n) is 7.21. The monoisotopic (exact) mass is 487 g/mol. The number of carbonyl (C=O) groups excluding carboxylic acids is 1. The smallest absolute Gasteiger partial charge is 0.317 e. The molecule has 0 spiro atoms. The number of para-hydroxylation sites is 1. The number of aliphatic hydroxyl groups is 1. The first kappa shape index (κ1) is 27.5. The third kappa shape index (κ3) is 6.99. The minimum Gasteiger partial charge on any atom is -0.461 e. The number of rotatable bonds is 12. The SMILES string of the molecule is CNCC(CC(C)C)NC(=O)N1CCCC(C(O)(CCCCOC)c2cccc3cc(C)oc23)C1. The Morgan fingerprint density at radius 1 is 1.34 bits per heavy atom. The fourth-order valence-corrected chi connectivity index (χ4v) is 5.56. The second kappa shape index (κ2) is 12.7. The van der Waals surface area contributed by atoms with Gasteiger partial charge in [0.05, 0.1) is 5.60 Å². The van der Waals surface area contributed by atoms with Crippen LogP contribution in [0.2, 0.25) is 0 Å². The zero-order chi connectivity index (χ0) is 25.4. The summed E-state index contributed by atoms with van der Waals surface area (Å²) in [5, 5.41) is 19.8. The molecule has 7 heteroatoms. The number of nitrogens with one attached hydrogen (secondary N) is 2. The van der Waals surface area contributed by atoms with Gasteiger partial charge in [0.2, 0.25) is 0 Å². The van der Waals surface area contributed by atoms with E-state index >= 15 is 0 Å². The Morgan fingerprint density at radius 3 is 2.86 bits per heavy atom. The zero-order valence-electron chi connectivity index (χ0n) is 22.2. The maximum absolute atomic E-state index is 13.3. The Kier molecular flexibility index (Phi) is 10.0. The van der Waals surface area contributed by atoms with Gasteiger partial charge >= 0.3 is 6.03 Å². The van der Waals surface area contributed by atoms with Crippen molar-refractivity contribution >= 4 is 17.0 Å². The van der Waals surface area contributed by atoms with E-state index in [1.54, 1.807) is 7.11 Å². The molecule has 1 fully saturated rings. The molecule has 0 bridgehead atoms. The van der Waals surface area contributed by atoms with Crippen LogP contribution < -0.4 is 10.6 Å². The molecule has 2 heterocycles. The van der Waals surface area contributed by atoms with Crippen LogP contribution in [0.1, 0.15) is 63.7 Å². The van der Waals surface area contributed by atoms with Gasteiger partial charge in [0.25, 0.3) is 0 Å². The Morgan fingerprint density at radius 2 is 2.14 bits per heavy atom. The number of hydrogen-bond donors (Lipinski definition) is 3. The number of amides is 2. The molecule has 1 aromatic carbocycles. The quantitative estimate of drug-likeness (QED) is 0.374. The molecule has 0 radical (unpaired) electrons. The van der Waals surface area contributed by atoms with Gasteiger partial charge in [-0.25, -0.2) is 4.79 Å². The summed E-state index contributed by atoms with van der Waals surface area (Å²) in [7, 11) is 3.62. The highest BCUT2D eigenvalue weighted by Crippen LogP contribution is 2.43. The van der Waals surface area contributed by atoms with Crippen molar-refractivity contribution in [2.75, 3.05) is 40.4 Å². The first-order chi connectivity index (χ1) is 16.8. The number of fused-ring (bicyclic) bond motifs is 1. The first-order valence-corrected chi connectivity index (χ1v) is 13.2. The van der Waals surface area contributed by atoms with E-state index in [1.165, 1.54) is 0 Å². The molecule has 196 valence electrons. The van der Waals surface area contributed by atoms with Crippen LogP contribution in [-0.4, -0.2) is 62.5 Å². The molecule has 0 saturated carbocycles. The molecule has 1 aliphatic heterocycles. The zero-order valence-corrected chi connectivity index (χ0v) is 22.2. The number of hydrogen-bond acceptors (Lipinski definition) is 5. The van der Waals surface area contributed by atoms with Crippen LogP contribution in [0.5, 0.6) is 0 Å².